The first-order chi connectivity index (χ1) is 25.8. The molecule has 53 heavy (non-hydrogen) atoms. The molecule has 0 fully saturated rings. The fourth-order valence-corrected chi connectivity index (χ4v) is 7.31. The van der Waals surface area contributed by atoms with Gasteiger partial charge in [-0.15, -0.1) is 0 Å². The van der Waals surface area contributed by atoms with Crippen LogP contribution in [0.3, 0.4) is 0 Å². The van der Waals surface area contributed by atoms with E-state index in [2.05, 4.69) is 12.7 Å². The molecule has 0 radical (unpaired) electrons. The minimum Gasteiger partial charge on any atom is -0.289 e. The molecule has 0 heterocycles. The van der Waals surface area contributed by atoms with Gasteiger partial charge in [-0.25, -0.2) is 0 Å². The molecule has 3 aliphatic rings. The van der Waals surface area contributed by atoms with E-state index in [4.69, 9.17) is 0 Å². The summed E-state index contributed by atoms with van der Waals surface area (Å²) < 4.78 is 0. The van der Waals surface area contributed by atoms with Crippen LogP contribution in [0.15, 0.2) is 192 Å². The number of hydrogen-bond acceptors (Lipinski definition) is 4. The zero-order valence-electron chi connectivity index (χ0n) is 29.6. The summed E-state index contributed by atoms with van der Waals surface area (Å²) in [5.74, 6) is -0.400. The first kappa shape index (κ1) is 35.2. The number of allylic oxidation sites excluding steroid dienone is 13. The molecule has 0 bridgehead atoms. The molecule has 4 aromatic carbocycles. The number of Topliss-reactive ketones (excluding diaryl/α,β-unsaturated/α-hetero) is 3. The monoisotopic (exact) mass is 692 g/mol. The minimum atomic E-state index is -0.209. The Morgan fingerprint density at radius 3 is 1.75 bits per heavy atom. The van der Waals surface area contributed by atoms with Crippen molar-refractivity contribution in [3.8, 4) is 0 Å². The van der Waals surface area contributed by atoms with Crippen LogP contribution in [-0.4, -0.2) is 23.1 Å². The summed E-state index contributed by atoms with van der Waals surface area (Å²) in [6, 6.07) is 35.3. The molecule has 4 nitrogen and oxygen atoms in total. The number of ketones is 4. The van der Waals surface area contributed by atoms with Crippen molar-refractivity contribution in [1.29, 1.82) is 0 Å². The van der Waals surface area contributed by atoms with E-state index in [0.717, 1.165) is 34.3 Å². The fourth-order valence-electron chi connectivity index (χ4n) is 7.31. The molecule has 0 amide bonds. The summed E-state index contributed by atoms with van der Waals surface area (Å²) >= 11 is 0. The second kappa shape index (κ2) is 16.0. The van der Waals surface area contributed by atoms with Crippen LogP contribution in [0.5, 0.6) is 0 Å². The molecule has 1 unspecified atom stereocenters. The van der Waals surface area contributed by atoms with Crippen molar-refractivity contribution in [2.45, 2.75) is 38.5 Å². The van der Waals surface area contributed by atoms with Crippen LogP contribution in [0.1, 0.15) is 80.7 Å². The largest absolute Gasteiger partial charge is 0.289 e. The van der Waals surface area contributed by atoms with Gasteiger partial charge in [0.1, 0.15) is 0 Å². The van der Waals surface area contributed by atoms with E-state index in [-0.39, 0.29) is 35.5 Å². The molecule has 260 valence electrons. The highest BCUT2D eigenvalue weighted by Gasteiger charge is 2.27. The average Bonchev–Trinajstić information content (AvgIpc) is 3.23. The molecule has 4 heteroatoms. The zero-order valence-corrected chi connectivity index (χ0v) is 29.6. The van der Waals surface area contributed by atoms with Gasteiger partial charge in [0, 0.05) is 56.9 Å². The Morgan fingerprint density at radius 2 is 1.11 bits per heavy atom. The van der Waals surface area contributed by atoms with Gasteiger partial charge in [0.15, 0.2) is 23.1 Å². The van der Waals surface area contributed by atoms with Gasteiger partial charge in [-0.3, -0.25) is 19.2 Å². The van der Waals surface area contributed by atoms with Crippen LogP contribution in [0.4, 0.5) is 0 Å². The van der Waals surface area contributed by atoms with Crippen LogP contribution in [0.25, 0.3) is 5.57 Å². The van der Waals surface area contributed by atoms with Crippen molar-refractivity contribution in [2.24, 2.45) is 5.92 Å². The number of rotatable bonds is 12. The lowest BCUT2D eigenvalue weighted by Crippen LogP contribution is -2.17. The van der Waals surface area contributed by atoms with Crippen molar-refractivity contribution < 1.29 is 19.2 Å². The predicted molar refractivity (Wildman–Crippen MR) is 212 cm³/mol. The Hall–Kier alpha value is -6.26. The molecule has 1 atom stereocenters. The highest BCUT2D eigenvalue weighted by Crippen LogP contribution is 2.38. The number of benzene rings is 4. The van der Waals surface area contributed by atoms with Gasteiger partial charge in [-0.1, -0.05) is 158 Å². The molecule has 0 aromatic heterocycles. The normalized spacial score (nSPS) is 16.9. The average molecular weight is 693 g/mol. The van der Waals surface area contributed by atoms with E-state index in [1.807, 2.05) is 134 Å². The molecule has 7 rings (SSSR count). The predicted octanol–water partition coefficient (Wildman–Crippen LogP) is 10.8. The highest BCUT2D eigenvalue weighted by molar-refractivity contribution is 6.15. The van der Waals surface area contributed by atoms with Crippen LogP contribution >= 0.6 is 0 Å². The Balaban J connectivity index is 1.17. The van der Waals surface area contributed by atoms with Gasteiger partial charge in [0.05, 0.1) is 0 Å². The molecule has 0 spiro atoms. The summed E-state index contributed by atoms with van der Waals surface area (Å²) in [5, 5.41) is 0. The maximum Gasteiger partial charge on any atom is 0.193 e. The van der Waals surface area contributed by atoms with Crippen LogP contribution in [0.2, 0.25) is 0 Å². The maximum absolute atomic E-state index is 14.3. The zero-order chi connectivity index (χ0) is 36.7. The third-order valence-electron chi connectivity index (χ3n) is 10.1. The second-order valence-corrected chi connectivity index (χ2v) is 13.8. The van der Waals surface area contributed by atoms with Gasteiger partial charge < -0.3 is 0 Å². The van der Waals surface area contributed by atoms with Crippen molar-refractivity contribution >= 4 is 28.7 Å². The summed E-state index contributed by atoms with van der Waals surface area (Å²) in [5.41, 5.74) is 8.80. The minimum absolute atomic E-state index is 0.0407. The van der Waals surface area contributed by atoms with Crippen molar-refractivity contribution in [3.05, 3.63) is 220 Å². The Kier molecular flexibility index (Phi) is 10.6. The van der Waals surface area contributed by atoms with Gasteiger partial charge in [0.2, 0.25) is 0 Å². The molecular weight excluding hydrogens is 653 g/mol. The third kappa shape index (κ3) is 8.13. The van der Waals surface area contributed by atoms with E-state index in [1.54, 1.807) is 12.1 Å². The molecular formula is C49H40O4. The number of carbonyl (C=O) groups excluding carboxylic acids is 4. The van der Waals surface area contributed by atoms with Gasteiger partial charge in [-0.05, 0) is 54.9 Å². The Labute approximate surface area is 311 Å². The highest BCUT2D eigenvalue weighted by atomic mass is 16.1. The van der Waals surface area contributed by atoms with Crippen LogP contribution in [-0.2, 0) is 4.79 Å². The van der Waals surface area contributed by atoms with E-state index in [9.17, 15) is 19.2 Å². The summed E-state index contributed by atoms with van der Waals surface area (Å²) in [4.78, 5) is 54.4. The summed E-state index contributed by atoms with van der Waals surface area (Å²) in [6.45, 7) is 4.51. The lowest BCUT2D eigenvalue weighted by Gasteiger charge is -2.26. The Morgan fingerprint density at radius 1 is 0.566 bits per heavy atom. The van der Waals surface area contributed by atoms with Crippen LogP contribution < -0.4 is 0 Å². The van der Waals surface area contributed by atoms with E-state index >= 15 is 0 Å². The molecule has 0 saturated carbocycles. The van der Waals surface area contributed by atoms with Crippen molar-refractivity contribution in [3.63, 3.8) is 0 Å². The number of hydrogen-bond donors (Lipinski definition) is 0. The third-order valence-corrected chi connectivity index (χ3v) is 10.1. The lowest BCUT2D eigenvalue weighted by atomic mass is 9.78. The van der Waals surface area contributed by atoms with Gasteiger partial charge in [-0.2, -0.15) is 0 Å². The molecule has 4 aromatic rings. The maximum atomic E-state index is 14.3. The van der Waals surface area contributed by atoms with E-state index in [1.165, 1.54) is 0 Å². The van der Waals surface area contributed by atoms with E-state index < -0.39 is 0 Å². The lowest BCUT2D eigenvalue weighted by molar-refractivity contribution is -0.112. The molecule has 3 aliphatic carbocycles. The van der Waals surface area contributed by atoms with Gasteiger partial charge in [0.25, 0.3) is 0 Å². The second-order valence-electron chi connectivity index (χ2n) is 13.8. The quantitative estimate of drug-likeness (QED) is 0.139. The SMILES string of the molecule is C=C(c1cccc(C(=O)c2ccccc2)c1)C1C=C(C(=O)C2=CCC=C(C(=O)c3ccccc3)C2)C=C(CC2=CCCC(C(=O)c3ccccc3)=C2)C1. The molecule has 0 aliphatic heterocycles. The molecule has 0 saturated heterocycles. The van der Waals surface area contributed by atoms with Crippen LogP contribution in [0, 0.1) is 5.92 Å². The fraction of sp³-hybridized carbons (Fsp3) is 0.143. The van der Waals surface area contributed by atoms with Crippen molar-refractivity contribution in [1.82, 2.24) is 0 Å². The Bertz CT molecular complexity index is 2290. The van der Waals surface area contributed by atoms with E-state index in [0.29, 0.717) is 64.7 Å². The smallest absolute Gasteiger partial charge is 0.193 e. The standard InChI is InChI=1S/C49H40O4/c1-33(39-21-12-23-41(30-39)47(51)37-17-7-3-8-18-37)44-28-35(26-34-14-11-22-40(27-34)46(50)36-15-5-2-6-16-36)29-45(32-44)49(53)43-25-13-24-42(31-43)48(52)38-19-9-4-10-20-38/h2-10,12,14-21,23-25,27,29-30,32,44H,1,11,13,22,26,28,31H2. The van der Waals surface area contributed by atoms with Gasteiger partial charge >= 0.3 is 0 Å². The molecule has 0 N–H and O–H groups in total. The van der Waals surface area contributed by atoms with Crippen molar-refractivity contribution in [2.75, 3.05) is 0 Å². The first-order valence-corrected chi connectivity index (χ1v) is 18.2. The summed E-state index contributed by atoms with van der Waals surface area (Å²) in [7, 11) is 0. The number of carbonyl (C=O) groups is 4. The first-order valence-electron chi connectivity index (χ1n) is 18.2. The topological polar surface area (TPSA) is 68.3 Å². The summed E-state index contributed by atoms with van der Waals surface area (Å²) in [6.07, 6.45) is 15.4.